The first-order valence-electron chi connectivity index (χ1n) is 5.88. The zero-order valence-electron chi connectivity index (χ0n) is 9.47. The van der Waals surface area contributed by atoms with E-state index in [9.17, 15) is 4.39 Å². The summed E-state index contributed by atoms with van der Waals surface area (Å²) in [6.07, 6.45) is 3.79. The van der Waals surface area contributed by atoms with E-state index in [0.717, 1.165) is 28.9 Å². The molecular weight excluding hydrogens is 269 g/mol. The maximum absolute atomic E-state index is 13.3. The first-order chi connectivity index (χ1) is 7.69. The zero-order chi connectivity index (χ0) is 11.5. The summed E-state index contributed by atoms with van der Waals surface area (Å²) in [5, 5.41) is 3.44. The highest BCUT2D eigenvalue weighted by Crippen LogP contribution is 2.38. The molecule has 1 aromatic rings. The summed E-state index contributed by atoms with van der Waals surface area (Å²) >= 11 is 3.35. The minimum atomic E-state index is -0.164. The number of halogens is 2. The lowest BCUT2D eigenvalue weighted by atomic mass is 10.0. The van der Waals surface area contributed by atoms with E-state index in [1.807, 2.05) is 6.07 Å². The average Bonchev–Trinajstić information content (AvgIpc) is 2.99. The van der Waals surface area contributed by atoms with Gasteiger partial charge in [0.15, 0.2) is 0 Å². The molecule has 3 heteroatoms. The van der Waals surface area contributed by atoms with Crippen LogP contribution in [0.15, 0.2) is 22.7 Å². The van der Waals surface area contributed by atoms with Crippen molar-refractivity contribution >= 4 is 15.9 Å². The molecule has 1 aromatic carbocycles. The molecule has 0 bridgehead atoms. The van der Waals surface area contributed by atoms with Gasteiger partial charge < -0.3 is 5.32 Å². The molecule has 0 aromatic heterocycles. The van der Waals surface area contributed by atoms with Crippen molar-refractivity contribution in [1.82, 2.24) is 5.32 Å². The van der Waals surface area contributed by atoms with Gasteiger partial charge in [0.2, 0.25) is 0 Å². The number of hydrogen-bond acceptors (Lipinski definition) is 1. The minimum absolute atomic E-state index is 0.164. The fourth-order valence-electron chi connectivity index (χ4n) is 2.05. The molecule has 1 N–H and O–H groups in total. The molecule has 0 heterocycles. The Hall–Kier alpha value is -0.410. The van der Waals surface area contributed by atoms with Crippen LogP contribution in [0.25, 0.3) is 0 Å². The van der Waals surface area contributed by atoms with E-state index in [2.05, 4.69) is 28.2 Å². The summed E-state index contributed by atoms with van der Waals surface area (Å²) in [5.41, 5.74) is 1.06. The third kappa shape index (κ3) is 3.29. The second-order valence-electron chi connectivity index (χ2n) is 4.49. The third-order valence-corrected chi connectivity index (χ3v) is 3.46. The monoisotopic (exact) mass is 285 g/mol. The maximum atomic E-state index is 13.3. The smallest absolute Gasteiger partial charge is 0.124 e. The molecule has 0 spiro atoms. The number of hydrogen-bond donors (Lipinski definition) is 1. The molecule has 0 amide bonds. The van der Waals surface area contributed by atoms with Gasteiger partial charge in [0.25, 0.3) is 0 Å². The Balaban J connectivity index is 2.15. The predicted octanol–water partition coefficient (Wildman–Crippen LogP) is 4.04. The zero-order valence-corrected chi connectivity index (χ0v) is 11.1. The predicted molar refractivity (Wildman–Crippen MR) is 67.9 cm³/mol. The Bertz CT molecular complexity index is 343. The molecule has 88 valence electrons. The molecule has 0 aliphatic heterocycles. The Kier molecular flexibility index (Phi) is 3.98. The molecule has 1 saturated carbocycles. The van der Waals surface area contributed by atoms with Crippen molar-refractivity contribution in [2.24, 2.45) is 5.92 Å². The Morgan fingerprint density at radius 1 is 1.44 bits per heavy atom. The molecule has 1 fully saturated rings. The van der Waals surface area contributed by atoms with E-state index in [1.54, 1.807) is 6.07 Å². The lowest BCUT2D eigenvalue weighted by Crippen LogP contribution is -2.21. The Morgan fingerprint density at radius 3 is 2.75 bits per heavy atom. The first kappa shape index (κ1) is 12.1. The molecule has 16 heavy (non-hydrogen) atoms. The first-order valence-corrected chi connectivity index (χ1v) is 6.67. The van der Waals surface area contributed by atoms with Crippen LogP contribution in [0.3, 0.4) is 0 Å². The van der Waals surface area contributed by atoms with Crippen molar-refractivity contribution in [1.29, 1.82) is 0 Å². The lowest BCUT2D eigenvalue weighted by Gasteiger charge is -2.18. The molecule has 1 aliphatic carbocycles. The van der Waals surface area contributed by atoms with Gasteiger partial charge in [-0.3, -0.25) is 0 Å². The van der Waals surface area contributed by atoms with Gasteiger partial charge in [0, 0.05) is 10.5 Å². The van der Waals surface area contributed by atoms with Crippen LogP contribution >= 0.6 is 15.9 Å². The van der Waals surface area contributed by atoms with Gasteiger partial charge in [-0.25, -0.2) is 4.39 Å². The summed E-state index contributed by atoms with van der Waals surface area (Å²) in [5.74, 6) is 0.675. The van der Waals surface area contributed by atoms with Crippen LogP contribution in [-0.2, 0) is 0 Å². The van der Waals surface area contributed by atoms with Crippen LogP contribution in [0.1, 0.15) is 37.8 Å². The number of benzene rings is 1. The topological polar surface area (TPSA) is 12.0 Å². The largest absolute Gasteiger partial charge is 0.310 e. The molecule has 2 rings (SSSR count). The standard InChI is InChI=1S/C13H17BrFN/c1-2-16-13(5-9-3-4-9)10-6-11(14)8-12(15)7-10/h6-9,13,16H,2-5H2,1H3. The minimum Gasteiger partial charge on any atom is -0.310 e. The lowest BCUT2D eigenvalue weighted by molar-refractivity contribution is 0.483. The van der Waals surface area contributed by atoms with E-state index in [4.69, 9.17) is 0 Å². The van der Waals surface area contributed by atoms with E-state index in [-0.39, 0.29) is 5.82 Å². The van der Waals surface area contributed by atoms with E-state index in [1.165, 1.54) is 18.9 Å². The fourth-order valence-corrected chi connectivity index (χ4v) is 2.53. The Morgan fingerprint density at radius 2 is 2.19 bits per heavy atom. The average molecular weight is 286 g/mol. The van der Waals surface area contributed by atoms with Gasteiger partial charge >= 0.3 is 0 Å². The van der Waals surface area contributed by atoms with Gasteiger partial charge in [0.1, 0.15) is 5.82 Å². The van der Waals surface area contributed by atoms with Crippen molar-refractivity contribution in [3.63, 3.8) is 0 Å². The van der Waals surface area contributed by atoms with Crippen LogP contribution in [0, 0.1) is 11.7 Å². The summed E-state index contributed by atoms with van der Waals surface area (Å²) in [7, 11) is 0. The summed E-state index contributed by atoms with van der Waals surface area (Å²) < 4.78 is 14.1. The third-order valence-electron chi connectivity index (χ3n) is 3.00. The normalized spacial score (nSPS) is 17.4. The van der Waals surface area contributed by atoms with Crippen molar-refractivity contribution in [3.8, 4) is 0 Å². The van der Waals surface area contributed by atoms with Crippen LogP contribution < -0.4 is 5.32 Å². The summed E-state index contributed by atoms with van der Waals surface area (Å²) in [4.78, 5) is 0. The molecular formula is C13H17BrFN. The van der Waals surface area contributed by atoms with Crippen LogP contribution in [0.2, 0.25) is 0 Å². The molecule has 1 aliphatic rings. The maximum Gasteiger partial charge on any atom is 0.124 e. The molecule has 1 atom stereocenters. The van der Waals surface area contributed by atoms with Gasteiger partial charge in [-0.2, -0.15) is 0 Å². The number of nitrogens with one attached hydrogen (secondary N) is 1. The molecule has 1 unspecified atom stereocenters. The van der Waals surface area contributed by atoms with Gasteiger partial charge in [0.05, 0.1) is 0 Å². The van der Waals surface area contributed by atoms with Crippen LogP contribution in [0.5, 0.6) is 0 Å². The number of rotatable bonds is 5. The van der Waals surface area contributed by atoms with E-state index >= 15 is 0 Å². The van der Waals surface area contributed by atoms with Gasteiger partial charge in [-0.1, -0.05) is 35.7 Å². The van der Waals surface area contributed by atoms with Crippen LogP contribution in [0.4, 0.5) is 4.39 Å². The summed E-state index contributed by atoms with van der Waals surface area (Å²) in [6, 6.07) is 5.45. The SMILES string of the molecule is CCNC(CC1CC1)c1cc(F)cc(Br)c1. The second kappa shape index (κ2) is 5.28. The second-order valence-corrected chi connectivity index (χ2v) is 5.41. The quantitative estimate of drug-likeness (QED) is 0.861. The van der Waals surface area contributed by atoms with Crippen molar-refractivity contribution in [2.45, 2.75) is 32.2 Å². The molecule has 0 radical (unpaired) electrons. The van der Waals surface area contributed by atoms with Crippen molar-refractivity contribution < 1.29 is 4.39 Å². The van der Waals surface area contributed by atoms with E-state index in [0.29, 0.717) is 6.04 Å². The van der Waals surface area contributed by atoms with E-state index < -0.39 is 0 Å². The highest BCUT2D eigenvalue weighted by Gasteiger charge is 2.26. The van der Waals surface area contributed by atoms with Gasteiger partial charge in [-0.05, 0) is 42.6 Å². The van der Waals surface area contributed by atoms with Crippen molar-refractivity contribution in [3.05, 3.63) is 34.1 Å². The highest BCUT2D eigenvalue weighted by atomic mass is 79.9. The van der Waals surface area contributed by atoms with Crippen LogP contribution in [-0.4, -0.2) is 6.54 Å². The van der Waals surface area contributed by atoms with Gasteiger partial charge in [-0.15, -0.1) is 0 Å². The molecule has 0 saturated heterocycles. The van der Waals surface area contributed by atoms with Crippen molar-refractivity contribution in [2.75, 3.05) is 6.54 Å². The highest BCUT2D eigenvalue weighted by molar-refractivity contribution is 9.10. The molecule has 1 nitrogen and oxygen atoms in total. The Labute approximate surface area is 105 Å². The summed E-state index contributed by atoms with van der Waals surface area (Å²) in [6.45, 7) is 3.01. The fraction of sp³-hybridized carbons (Fsp3) is 0.538.